The van der Waals surface area contributed by atoms with Gasteiger partial charge in [0.1, 0.15) is 0 Å². The minimum atomic E-state index is -1.28. The number of carbonyl (C=O) groups is 2. The Hall–Kier alpha value is -2.33. The van der Waals surface area contributed by atoms with Gasteiger partial charge in [-0.1, -0.05) is 35.9 Å². The van der Waals surface area contributed by atoms with E-state index in [9.17, 15) is 14.7 Å². The van der Waals surface area contributed by atoms with E-state index in [0.29, 0.717) is 16.1 Å². The molecule has 2 rings (SSSR count). The number of benzene rings is 2. The van der Waals surface area contributed by atoms with Crippen LogP contribution >= 0.6 is 11.6 Å². The van der Waals surface area contributed by atoms with Crippen molar-refractivity contribution in [3.63, 3.8) is 0 Å². The van der Waals surface area contributed by atoms with E-state index in [1.807, 2.05) is 0 Å². The van der Waals surface area contributed by atoms with Crippen LogP contribution in [0.4, 0.5) is 0 Å². The van der Waals surface area contributed by atoms with E-state index in [-0.39, 0.29) is 11.1 Å². The third kappa shape index (κ3) is 2.58. The smallest absolute Gasteiger partial charge is 0.337 e. The van der Waals surface area contributed by atoms with Crippen molar-refractivity contribution in [3.8, 4) is 11.1 Å². The molecule has 96 valence electrons. The molecule has 0 aliphatic rings. The van der Waals surface area contributed by atoms with Gasteiger partial charge < -0.3 is 10.2 Å². The lowest BCUT2D eigenvalue weighted by molar-refractivity contribution is 0.0652. The van der Waals surface area contributed by atoms with Crippen LogP contribution in [-0.4, -0.2) is 22.2 Å². The lowest BCUT2D eigenvalue weighted by Gasteiger charge is -2.09. The zero-order valence-corrected chi connectivity index (χ0v) is 10.4. The number of aromatic carboxylic acids is 2. The average Bonchev–Trinajstić information content (AvgIpc) is 2.37. The van der Waals surface area contributed by atoms with E-state index < -0.39 is 11.9 Å². The highest BCUT2D eigenvalue weighted by atomic mass is 35.5. The molecule has 5 heteroatoms. The molecule has 0 heterocycles. The molecule has 0 atom stereocenters. The van der Waals surface area contributed by atoms with Crippen molar-refractivity contribution in [2.45, 2.75) is 0 Å². The fourth-order valence-corrected chi connectivity index (χ4v) is 2.05. The van der Waals surface area contributed by atoms with Gasteiger partial charge >= 0.3 is 11.9 Å². The first-order chi connectivity index (χ1) is 9.00. The van der Waals surface area contributed by atoms with Crippen molar-refractivity contribution in [3.05, 3.63) is 58.6 Å². The molecule has 0 aromatic heterocycles. The molecular formula is C14H9ClO4. The molecule has 2 aromatic rings. The van der Waals surface area contributed by atoms with Gasteiger partial charge in [-0.05, 0) is 29.3 Å². The molecular weight excluding hydrogens is 268 g/mol. The summed E-state index contributed by atoms with van der Waals surface area (Å²) < 4.78 is 0. The van der Waals surface area contributed by atoms with Crippen LogP contribution in [0.1, 0.15) is 20.7 Å². The Morgan fingerprint density at radius 1 is 0.947 bits per heavy atom. The second-order valence-electron chi connectivity index (χ2n) is 3.85. The Labute approximate surface area is 113 Å². The summed E-state index contributed by atoms with van der Waals surface area (Å²) in [6.07, 6.45) is 0. The first-order valence-corrected chi connectivity index (χ1v) is 5.74. The molecule has 0 saturated carbocycles. The third-order valence-corrected chi connectivity index (χ3v) is 2.88. The maximum absolute atomic E-state index is 11.3. The number of halogens is 1. The summed E-state index contributed by atoms with van der Waals surface area (Å²) in [7, 11) is 0. The van der Waals surface area contributed by atoms with E-state index in [1.165, 1.54) is 12.1 Å². The number of rotatable bonds is 3. The topological polar surface area (TPSA) is 74.6 Å². The largest absolute Gasteiger partial charge is 0.478 e. The first kappa shape index (κ1) is 13.1. The van der Waals surface area contributed by atoms with Crippen molar-refractivity contribution in [2.75, 3.05) is 0 Å². The molecule has 0 aliphatic heterocycles. The summed E-state index contributed by atoms with van der Waals surface area (Å²) >= 11 is 5.87. The van der Waals surface area contributed by atoms with Gasteiger partial charge in [-0.25, -0.2) is 9.59 Å². The van der Waals surface area contributed by atoms with Crippen molar-refractivity contribution >= 4 is 23.5 Å². The van der Waals surface area contributed by atoms with Crippen LogP contribution in [0.25, 0.3) is 11.1 Å². The number of carboxylic acid groups (broad SMARTS) is 2. The van der Waals surface area contributed by atoms with E-state index in [0.717, 1.165) is 0 Å². The van der Waals surface area contributed by atoms with Crippen LogP contribution in [0.15, 0.2) is 42.5 Å². The van der Waals surface area contributed by atoms with Gasteiger partial charge in [0, 0.05) is 5.02 Å². The Morgan fingerprint density at radius 2 is 1.63 bits per heavy atom. The minimum absolute atomic E-state index is 0.239. The second kappa shape index (κ2) is 5.12. The molecule has 19 heavy (non-hydrogen) atoms. The average molecular weight is 277 g/mol. The quantitative estimate of drug-likeness (QED) is 0.901. The van der Waals surface area contributed by atoms with Crippen molar-refractivity contribution < 1.29 is 19.8 Å². The third-order valence-electron chi connectivity index (χ3n) is 2.64. The number of carboxylic acids is 2. The lowest BCUT2D eigenvalue weighted by Crippen LogP contribution is -2.09. The number of hydrogen-bond donors (Lipinski definition) is 2. The molecule has 0 amide bonds. The van der Waals surface area contributed by atoms with E-state index in [2.05, 4.69) is 0 Å². The maximum Gasteiger partial charge on any atom is 0.337 e. The predicted octanol–water partition coefficient (Wildman–Crippen LogP) is 3.40. The minimum Gasteiger partial charge on any atom is -0.478 e. The second-order valence-corrected chi connectivity index (χ2v) is 4.29. The van der Waals surface area contributed by atoms with E-state index in [1.54, 1.807) is 30.3 Å². The summed E-state index contributed by atoms with van der Waals surface area (Å²) in [5.41, 5.74) is 0.408. The summed E-state index contributed by atoms with van der Waals surface area (Å²) in [4.78, 5) is 22.4. The molecule has 0 saturated heterocycles. The van der Waals surface area contributed by atoms with Crippen LogP contribution in [0.3, 0.4) is 0 Å². The molecule has 4 nitrogen and oxygen atoms in total. The molecule has 0 spiro atoms. The van der Waals surface area contributed by atoms with Gasteiger partial charge in [0.2, 0.25) is 0 Å². The van der Waals surface area contributed by atoms with Gasteiger partial charge in [0.05, 0.1) is 11.1 Å². The molecule has 0 bridgehead atoms. The predicted molar refractivity (Wildman–Crippen MR) is 70.8 cm³/mol. The molecule has 2 N–H and O–H groups in total. The molecule has 0 aliphatic carbocycles. The van der Waals surface area contributed by atoms with Gasteiger partial charge in [0.25, 0.3) is 0 Å². The highest BCUT2D eigenvalue weighted by Gasteiger charge is 2.20. The van der Waals surface area contributed by atoms with Crippen LogP contribution in [-0.2, 0) is 0 Å². The summed E-state index contributed by atoms with van der Waals surface area (Å²) in [5.74, 6) is -2.56. The summed E-state index contributed by atoms with van der Waals surface area (Å²) in [5, 5.41) is 18.7. The zero-order valence-electron chi connectivity index (χ0n) is 9.63. The summed E-state index contributed by atoms with van der Waals surface area (Å²) in [6, 6.07) is 10.9. The lowest BCUT2D eigenvalue weighted by atomic mass is 9.95. The maximum atomic E-state index is 11.3. The van der Waals surface area contributed by atoms with Gasteiger partial charge in [-0.2, -0.15) is 0 Å². The van der Waals surface area contributed by atoms with E-state index in [4.69, 9.17) is 16.7 Å². The van der Waals surface area contributed by atoms with Crippen LogP contribution in [0.5, 0.6) is 0 Å². The molecule has 0 fully saturated rings. The zero-order chi connectivity index (χ0) is 14.0. The first-order valence-electron chi connectivity index (χ1n) is 5.36. The van der Waals surface area contributed by atoms with Crippen LogP contribution in [0, 0.1) is 0 Å². The van der Waals surface area contributed by atoms with Gasteiger partial charge in [-0.15, -0.1) is 0 Å². The number of hydrogen-bond acceptors (Lipinski definition) is 2. The van der Waals surface area contributed by atoms with Crippen molar-refractivity contribution in [1.29, 1.82) is 0 Å². The summed E-state index contributed by atoms with van der Waals surface area (Å²) in [6.45, 7) is 0. The normalized spacial score (nSPS) is 10.2. The molecule has 2 aromatic carbocycles. The Balaban J connectivity index is 2.73. The van der Waals surface area contributed by atoms with Crippen LogP contribution in [0.2, 0.25) is 5.02 Å². The Kier molecular flexibility index (Phi) is 3.53. The fraction of sp³-hybridized carbons (Fsp3) is 0. The Bertz CT molecular complexity index is 664. The van der Waals surface area contributed by atoms with Crippen molar-refractivity contribution in [1.82, 2.24) is 0 Å². The SMILES string of the molecule is O=C(O)c1cccc(-c2cccc(Cl)c2)c1C(=O)O. The van der Waals surface area contributed by atoms with Crippen LogP contribution < -0.4 is 0 Å². The molecule has 0 radical (unpaired) electrons. The molecule has 0 unspecified atom stereocenters. The fourth-order valence-electron chi connectivity index (χ4n) is 1.86. The van der Waals surface area contributed by atoms with Gasteiger partial charge in [0.15, 0.2) is 0 Å². The van der Waals surface area contributed by atoms with E-state index >= 15 is 0 Å². The Morgan fingerprint density at radius 3 is 2.21 bits per heavy atom. The monoisotopic (exact) mass is 276 g/mol. The highest BCUT2D eigenvalue weighted by molar-refractivity contribution is 6.30. The van der Waals surface area contributed by atoms with Crippen molar-refractivity contribution in [2.24, 2.45) is 0 Å². The highest BCUT2D eigenvalue weighted by Crippen LogP contribution is 2.28. The van der Waals surface area contributed by atoms with Gasteiger partial charge in [-0.3, -0.25) is 0 Å². The standard InChI is InChI=1S/C14H9ClO4/c15-9-4-1-3-8(7-9)10-5-2-6-11(13(16)17)12(10)14(18)19/h1-7H,(H,16,17)(H,18,19).